The van der Waals surface area contributed by atoms with Crippen molar-refractivity contribution in [1.29, 1.82) is 0 Å². The average molecular weight is 280 g/mol. The van der Waals surface area contributed by atoms with Gasteiger partial charge in [0.15, 0.2) is 0 Å². The van der Waals surface area contributed by atoms with Crippen LogP contribution in [0.5, 0.6) is 0 Å². The molecule has 1 amide bonds. The van der Waals surface area contributed by atoms with Crippen LogP contribution in [-0.4, -0.2) is 46.6 Å². The van der Waals surface area contributed by atoms with Gasteiger partial charge in [-0.25, -0.2) is 0 Å². The van der Waals surface area contributed by atoms with E-state index in [0.29, 0.717) is 25.4 Å². The van der Waals surface area contributed by atoms with E-state index in [0.717, 1.165) is 12.8 Å². The number of rotatable bonds is 9. The van der Waals surface area contributed by atoms with Crippen LogP contribution in [0.25, 0.3) is 0 Å². The van der Waals surface area contributed by atoms with E-state index in [9.17, 15) is 9.59 Å². The summed E-state index contributed by atoms with van der Waals surface area (Å²) in [6.07, 6.45) is 9.03. The lowest BCUT2D eigenvalue weighted by molar-refractivity contribution is -0.138. The number of carboxylic acids is 1. The van der Waals surface area contributed by atoms with E-state index in [1.54, 1.807) is 0 Å². The predicted octanol–water partition coefficient (Wildman–Crippen LogP) is 1.23. The molecule has 0 aromatic carbocycles. The highest BCUT2D eigenvalue weighted by atomic mass is 16.4. The van der Waals surface area contributed by atoms with Crippen LogP contribution in [0.1, 0.15) is 46.0 Å². The zero-order chi connectivity index (χ0) is 15.2. The lowest BCUT2D eigenvalue weighted by Gasteiger charge is -2.29. The van der Waals surface area contributed by atoms with Gasteiger partial charge in [-0.15, -0.1) is 6.42 Å². The summed E-state index contributed by atoms with van der Waals surface area (Å²) >= 11 is 0. The summed E-state index contributed by atoms with van der Waals surface area (Å²) in [5.74, 6) is 1.71. The molecule has 0 heterocycles. The fourth-order valence-corrected chi connectivity index (χ4v) is 2.23. The number of hydrogen-bond acceptors (Lipinski definition) is 3. The van der Waals surface area contributed by atoms with Gasteiger partial charge < -0.3 is 10.4 Å². The summed E-state index contributed by atoms with van der Waals surface area (Å²) in [6, 6.07) is 0.351. The number of carbonyl (C=O) groups excluding carboxylic acids is 1. The van der Waals surface area contributed by atoms with Crippen molar-refractivity contribution in [3.63, 3.8) is 0 Å². The molecule has 5 nitrogen and oxygen atoms in total. The molecule has 0 atom stereocenters. The first-order valence-electron chi connectivity index (χ1n) is 7.21. The van der Waals surface area contributed by atoms with Crippen molar-refractivity contribution < 1.29 is 14.7 Å². The lowest BCUT2D eigenvalue weighted by Crippen LogP contribution is -2.50. The van der Waals surface area contributed by atoms with E-state index in [2.05, 4.69) is 11.2 Å². The summed E-state index contributed by atoms with van der Waals surface area (Å²) in [5.41, 5.74) is -0.584. The molecule has 112 valence electrons. The molecule has 1 saturated carbocycles. The van der Waals surface area contributed by atoms with Gasteiger partial charge in [0.05, 0.1) is 13.0 Å². The van der Waals surface area contributed by atoms with Crippen molar-refractivity contribution in [2.45, 2.75) is 57.5 Å². The second kappa shape index (κ2) is 7.30. The number of terminal acetylenes is 1. The fraction of sp³-hybridized carbons (Fsp3) is 0.733. The maximum atomic E-state index is 12.1. The fourth-order valence-electron chi connectivity index (χ4n) is 2.23. The van der Waals surface area contributed by atoms with Crippen LogP contribution in [0.4, 0.5) is 0 Å². The van der Waals surface area contributed by atoms with Crippen LogP contribution >= 0.6 is 0 Å². The summed E-state index contributed by atoms with van der Waals surface area (Å²) in [4.78, 5) is 24.7. The van der Waals surface area contributed by atoms with Crippen LogP contribution in [0, 0.1) is 12.3 Å². The van der Waals surface area contributed by atoms with Crippen LogP contribution < -0.4 is 5.32 Å². The zero-order valence-corrected chi connectivity index (χ0v) is 12.3. The number of carbonyl (C=O) groups is 2. The van der Waals surface area contributed by atoms with Crippen molar-refractivity contribution in [1.82, 2.24) is 10.2 Å². The zero-order valence-electron chi connectivity index (χ0n) is 12.3. The number of aliphatic carboxylic acids is 1. The standard InChI is InChI=1S/C15H24N2O3/c1-4-15(5-2,6-3)16-13(18)11-17(12-7-8-12)10-9-14(19)20/h1,12H,5-11H2,2-3H3,(H,16,18)(H,19,20). The number of hydrogen-bond donors (Lipinski definition) is 2. The summed E-state index contributed by atoms with van der Waals surface area (Å²) in [5, 5.41) is 11.7. The van der Waals surface area contributed by atoms with Gasteiger partial charge in [0.25, 0.3) is 0 Å². The Hall–Kier alpha value is -1.54. The Labute approximate surface area is 120 Å². The van der Waals surface area contributed by atoms with E-state index in [4.69, 9.17) is 11.5 Å². The topological polar surface area (TPSA) is 69.6 Å². The van der Waals surface area contributed by atoms with E-state index in [1.807, 2.05) is 18.7 Å². The SMILES string of the molecule is C#CC(CC)(CC)NC(=O)CN(CCC(=O)O)C1CC1. The smallest absolute Gasteiger partial charge is 0.304 e. The van der Waals surface area contributed by atoms with E-state index < -0.39 is 11.5 Å². The Kier molecular flexibility index (Phi) is 6.03. The van der Waals surface area contributed by atoms with Gasteiger partial charge in [0.1, 0.15) is 5.54 Å². The van der Waals surface area contributed by atoms with Crippen LogP contribution in [0.2, 0.25) is 0 Å². The largest absolute Gasteiger partial charge is 0.481 e. The average Bonchev–Trinajstić information content (AvgIpc) is 3.25. The summed E-state index contributed by atoms with van der Waals surface area (Å²) < 4.78 is 0. The van der Waals surface area contributed by atoms with Crippen molar-refractivity contribution >= 4 is 11.9 Å². The molecule has 0 spiro atoms. The van der Waals surface area contributed by atoms with Crippen molar-refractivity contribution in [3.8, 4) is 12.3 Å². The summed E-state index contributed by atoms with van der Waals surface area (Å²) in [7, 11) is 0. The molecule has 0 saturated heterocycles. The first kappa shape index (κ1) is 16.5. The van der Waals surface area contributed by atoms with Gasteiger partial charge in [-0.3, -0.25) is 14.5 Å². The molecule has 2 N–H and O–H groups in total. The highest BCUT2D eigenvalue weighted by molar-refractivity contribution is 5.79. The number of nitrogens with zero attached hydrogens (tertiary/aromatic N) is 1. The maximum absolute atomic E-state index is 12.1. The highest BCUT2D eigenvalue weighted by Gasteiger charge is 2.32. The lowest BCUT2D eigenvalue weighted by atomic mass is 9.94. The van der Waals surface area contributed by atoms with Crippen molar-refractivity contribution in [2.24, 2.45) is 0 Å². The number of nitrogens with one attached hydrogen (secondary N) is 1. The first-order chi connectivity index (χ1) is 9.46. The van der Waals surface area contributed by atoms with Crippen LogP contribution in [0.3, 0.4) is 0 Å². The van der Waals surface area contributed by atoms with Gasteiger partial charge in [0, 0.05) is 12.6 Å². The van der Waals surface area contributed by atoms with Crippen LogP contribution in [-0.2, 0) is 9.59 Å². The predicted molar refractivity (Wildman–Crippen MR) is 77.1 cm³/mol. The normalized spacial score (nSPS) is 14.9. The third-order valence-corrected chi connectivity index (χ3v) is 3.88. The molecule has 1 aliphatic carbocycles. The summed E-state index contributed by atoms with van der Waals surface area (Å²) in [6.45, 7) is 4.54. The molecule has 1 rings (SSSR count). The molecule has 0 radical (unpaired) electrons. The van der Waals surface area contributed by atoms with Crippen molar-refractivity contribution in [3.05, 3.63) is 0 Å². The minimum absolute atomic E-state index is 0.0611. The highest BCUT2D eigenvalue weighted by Crippen LogP contribution is 2.26. The molecule has 0 unspecified atom stereocenters. The second-order valence-corrected chi connectivity index (χ2v) is 5.33. The molecule has 0 aliphatic heterocycles. The minimum atomic E-state index is -0.837. The molecule has 0 aromatic heterocycles. The van der Waals surface area contributed by atoms with Gasteiger partial charge >= 0.3 is 5.97 Å². The second-order valence-electron chi connectivity index (χ2n) is 5.33. The molecule has 20 heavy (non-hydrogen) atoms. The van der Waals surface area contributed by atoms with E-state index >= 15 is 0 Å². The minimum Gasteiger partial charge on any atom is -0.481 e. The quantitative estimate of drug-likeness (QED) is 0.623. The first-order valence-corrected chi connectivity index (χ1v) is 7.21. The van der Waals surface area contributed by atoms with E-state index in [1.165, 1.54) is 0 Å². The Balaban J connectivity index is 2.53. The Morgan fingerprint density at radius 2 is 2.00 bits per heavy atom. The van der Waals surface area contributed by atoms with Gasteiger partial charge in [0.2, 0.25) is 5.91 Å². The number of amides is 1. The van der Waals surface area contributed by atoms with Gasteiger partial charge in [-0.05, 0) is 25.7 Å². The van der Waals surface area contributed by atoms with Gasteiger partial charge in [-0.1, -0.05) is 19.8 Å². The molecular formula is C15H24N2O3. The molecule has 1 aliphatic rings. The van der Waals surface area contributed by atoms with E-state index in [-0.39, 0.29) is 18.9 Å². The Morgan fingerprint density at radius 1 is 1.40 bits per heavy atom. The molecular weight excluding hydrogens is 256 g/mol. The maximum Gasteiger partial charge on any atom is 0.304 e. The molecule has 0 bridgehead atoms. The van der Waals surface area contributed by atoms with Gasteiger partial charge in [-0.2, -0.15) is 0 Å². The number of carboxylic acid groups (broad SMARTS) is 1. The molecule has 1 fully saturated rings. The third kappa shape index (κ3) is 4.86. The monoisotopic (exact) mass is 280 g/mol. The Bertz CT molecular complexity index is 392. The molecule has 5 heteroatoms. The van der Waals surface area contributed by atoms with Crippen molar-refractivity contribution in [2.75, 3.05) is 13.1 Å². The third-order valence-electron chi connectivity index (χ3n) is 3.88. The molecule has 0 aromatic rings. The Morgan fingerprint density at radius 3 is 2.40 bits per heavy atom. The van der Waals surface area contributed by atoms with Crippen LogP contribution in [0.15, 0.2) is 0 Å².